The first-order chi connectivity index (χ1) is 9.13. The molecule has 0 aromatic heterocycles. The van der Waals surface area contributed by atoms with Gasteiger partial charge in [-0.05, 0) is 51.1 Å². The summed E-state index contributed by atoms with van der Waals surface area (Å²) in [5.74, 6) is 0.656. The Balaban J connectivity index is 1.99. The Labute approximate surface area is 118 Å². The minimum absolute atomic E-state index is 0.264. The molecule has 1 N–H and O–H groups in total. The van der Waals surface area contributed by atoms with Crippen LogP contribution in [0.25, 0.3) is 0 Å². The highest BCUT2D eigenvalue weighted by molar-refractivity contribution is 7.89. The van der Waals surface area contributed by atoms with E-state index < -0.39 is 10.0 Å². The van der Waals surface area contributed by atoms with E-state index in [4.69, 9.17) is 0 Å². The number of rotatable bonds is 5. The van der Waals surface area contributed by atoms with Crippen LogP contribution in [-0.2, 0) is 10.0 Å². The number of piperidine rings is 2. The summed E-state index contributed by atoms with van der Waals surface area (Å²) in [4.78, 5) is 0. The largest absolute Gasteiger partial charge is 0.316 e. The van der Waals surface area contributed by atoms with E-state index in [0.29, 0.717) is 11.7 Å². The van der Waals surface area contributed by atoms with E-state index in [2.05, 4.69) is 12.2 Å². The molecule has 0 aliphatic carbocycles. The molecule has 0 amide bonds. The molecule has 0 saturated carbocycles. The predicted molar refractivity (Wildman–Crippen MR) is 78.6 cm³/mol. The van der Waals surface area contributed by atoms with Gasteiger partial charge in [-0.25, -0.2) is 8.42 Å². The average Bonchev–Trinajstić information content (AvgIpc) is 2.40. The SMILES string of the molecule is CCCC1CCCCN1S(=O)(=O)CC1CCCNC1. The summed E-state index contributed by atoms with van der Waals surface area (Å²) >= 11 is 0. The van der Waals surface area contributed by atoms with Crippen molar-refractivity contribution in [1.82, 2.24) is 9.62 Å². The molecule has 5 heteroatoms. The molecule has 4 nitrogen and oxygen atoms in total. The van der Waals surface area contributed by atoms with E-state index in [9.17, 15) is 8.42 Å². The monoisotopic (exact) mass is 288 g/mol. The minimum Gasteiger partial charge on any atom is -0.316 e. The summed E-state index contributed by atoms with van der Waals surface area (Å²) in [6.45, 7) is 4.79. The van der Waals surface area contributed by atoms with E-state index in [1.165, 1.54) is 6.42 Å². The quantitative estimate of drug-likeness (QED) is 0.841. The molecule has 2 saturated heterocycles. The van der Waals surface area contributed by atoms with E-state index in [1.54, 1.807) is 0 Å². The molecule has 2 unspecified atom stereocenters. The van der Waals surface area contributed by atoms with Gasteiger partial charge >= 0.3 is 0 Å². The molecule has 2 rings (SSSR count). The third kappa shape index (κ3) is 4.17. The van der Waals surface area contributed by atoms with Crippen molar-refractivity contribution < 1.29 is 8.42 Å². The van der Waals surface area contributed by atoms with E-state index in [1.807, 2.05) is 4.31 Å². The molecule has 2 atom stereocenters. The van der Waals surface area contributed by atoms with Gasteiger partial charge in [0.1, 0.15) is 0 Å². The van der Waals surface area contributed by atoms with Crippen LogP contribution in [0.1, 0.15) is 51.9 Å². The number of hydrogen-bond acceptors (Lipinski definition) is 3. The lowest BCUT2D eigenvalue weighted by molar-refractivity contribution is 0.237. The Bertz CT molecular complexity index is 362. The lowest BCUT2D eigenvalue weighted by Crippen LogP contribution is -2.47. The third-order valence-electron chi connectivity index (χ3n) is 4.40. The number of nitrogens with one attached hydrogen (secondary N) is 1. The van der Waals surface area contributed by atoms with Crippen molar-refractivity contribution >= 4 is 10.0 Å². The van der Waals surface area contributed by atoms with E-state index in [0.717, 1.165) is 58.2 Å². The second-order valence-corrected chi connectivity index (χ2v) is 8.01. The van der Waals surface area contributed by atoms with Crippen molar-refractivity contribution in [2.75, 3.05) is 25.4 Å². The van der Waals surface area contributed by atoms with Gasteiger partial charge in [-0.2, -0.15) is 4.31 Å². The molecule has 2 aliphatic rings. The van der Waals surface area contributed by atoms with Gasteiger partial charge in [-0.3, -0.25) is 0 Å². The average molecular weight is 288 g/mol. The normalized spacial score (nSPS) is 30.4. The Kier molecular flexibility index (Phi) is 5.66. The van der Waals surface area contributed by atoms with Gasteiger partial charge < -0.3 is 5.32 Å². The first-order valence-corrected chi connectivity index (χ1v) is 9.44. The van der Waals surface area contributed by atoms with Crippen LogP contribution in [0.4, 0.5) is 0 Å². The van der Waals surface area contributed by atoms with Gasteiger partial charge in [0, 0.05) is 12.6 Å². The number of nitrogens with zero attached hydrogens (tertiary/aromatic N) is 1. The zero-order valence-electron chi connectivity index (χ0n) is 12.1. The summed E-state index contributed by atoms with van der Waals surface area (Å²) in [6, 6.07) is 0.264. The highest BCUT2D eigenvalue weighted by Gasteiger charge is 2.33. The molecule has 0 radical (unpaired) electrons. The lowest BCUT2D eigenvalue weighted by atomic mass is 10.0. The van der Waals surface area contributed by atoms with Crippen molar-refractivity contribution in [3.05, 3.63) is 0 Å². The van der Waals surface area contributed by atoms with E-state index in [-0.39, 0.29) is 6.04 Å². The first kappa shape index (κ1) is 15.3. The van der Waals surface area contributed by atoms with Crippen molar-refractivity contribution in [1.29, 1.82) is 0 Å². The highest BCUT2D eigenvalue weighted by Crippen LogP contribution is 2.26. The summed E-state index contributed by atoms with van der Waals surface area (Å²) < 4.78 is 27.1. The van der Waals surface area contributed by atoms with Gasteiger partial charge in [0.15, 0.2) is 0 Å². The lowest BCUT2D eigenvalue weighted by Gasteiger charge is -2.36. The first-order valence-electron chi connectivity index (χ1n) is 7.83. The number of sulfonamides is 1. The second-order valence-electron chi connectivity index (χ2n) is 6.04. The van der Waals surface area contributed by atoms with Gasteiger partial charge in [-0.15, -0.1) is 0 Å². The van der Waals surface area contributed by atoms with Crippen LogP contribution in [0.15, 0.2) is 0 Å². The van der Waals surface area contributed by atoms with Gasteiger partial charge in [0.2, 0.25) is 10.0 Å². The smallest absolute Gasteiger partial charge is 0.214 e. The van der Waals surface area contributed by atoms with Gasteiger partial charge in [-0.1, -0.05) is 19.8 Å². The molecule has 0 bridgehead atoms. The molecule has 2 heterocycles. The standard InChI is InChI=1S/C14H28N2O2S/c1-2-6-14-8-3-4-10-16(14)19(17,18)12-13-7-5-9-15-11-13/h13-15H,2-12H2,1H3. The van der Waals surface area contributed by atoms with Crippen molar-refractivity contribution in [3.8, 4) is 0 Å². The maximum absolute atomic E-state index is 12.6. The minimum atomic E-state index is -3.06. The predicted octanol–water partition coefficient (Wildman–Crippen LogP) is 1.97. The molecule has 2 aliphatic heterocycles. The maximum atomic E-state index is 12.6. The fraction of sp³-hybridized carbons (Fsp3) is 1.00. The summed E-state index contributed by atoms with van der Waals surface area (Å²) in [6.07, 6.45) is 7.51. The molecular formula is C14H28N2O2S. The topological polar surface area (TPSA) is 49.4 Å². The van der Waals surface area contributed by atoms with Crippen molar-refractivity contribution in [3.63, 3.8) is 0 Å². The second kappa shape index (κ2) is 7.04. The Morgan fingerprint density at radius 3 is 2.74 bits per heavy atom. The Hall–Kier alpha value is -0.130. The molecule has 2 fully saturated rings. The van der Waals surface area contributed by atoms with Gasteiger partial charge in [0.05, 0.1) is 5.75 Å². The van der Waals surface area contributed by atoms with Crippen LogP contribution in [0.2, 0.25) is 0 Å². The third-order valence-corrected chi connectivity index (χ3v) is 6.49. The fourth-order valence-corrected chi connectivity index (χ4v) is 5.57. The van der Waals surface area contributed by atoms with Crippen LogP contribution >= 0.6 is 0 Å². The zero-order valence-corrected chi connectivity index (χ0v) is 12.9. The Morgan fingerprint density at radius 2 is 2.05 bits per heavy atom. The molecule has 112 valence electrons. The summed E-state index contributed by atoms with van der Waals surface area (Å²) in [5.41, 5.74) is 0. The van der Waals surface area contributed by atoms with Gasteiger partial charge in [0.25, 0.3) is 0 Å². The van der Waals surface area contributed by atoms with Crippen LogP contribution in [0.5, 0.6) is 0 Å². The van der Waals surface area contributed by atoms with E-state index >= 15 is 0 Å². The Morgan fingerprint density at radius 1 is 1.21 bits per heavy atom. The fourth-order valence-electron chi connectivity index (χ4n) is 3.42. The molecule has 0 spiro atoms. The molecule has 0 aromatic carbocycles. The van der Waals surface area contributed by atoms with Crippen molar-refractivity contribution in [2.45, 2.75) is 57.9 Å². The van der Waals surface area contributed by atoms with Crippen LogP contribution in [0, 0.1) is 5.92 Å². The molecule has 19 heavy (non-hydrogen) atoms. The maximum Gasteiger partial charge on any atom is 0.214 e. The zero-order chi connectivity index (χ0) is 13.7. The number of hydrogen-bond donors (Lipinski definition) is 1. The highest BCUT2D eigenvalue weighted by atomic mass is 32.2. The van der Waals surface area contributed by atoms with Crippen LogP contribution in [-0.4, -0.2) is 44.2 Å². The molecule has 0 aromatic rings. The molecular weight excluding hydrogens is 260 g/mol. The summed E-state index contributed by atoms with van der Waals surface area (Å²) in [7, 11) is -3.06. The van der Waals surface area contributed by atoms with Crippen molar-refractivity contribution in [2.24, 2.45) is 5.92 Å². The van der Waals surface area contributed by atoms with Crippen LogP contribution < -0.4 is 5.32 Å². The summed E-state index contributed by atoms with van der Waals surface area (Å²) in [5, 5.41) is 3.31. The van der Waals surface area contributed by atoms with Crippen LogP contribution in [0.3, 0.4) is 0 Å².